The highest BCUT2D eigenvalue weighted by atomic mass is 79.9. The van der Waals surface area contributed by atoms with Crippen LogP contribution in [0.15, 0.2) is 30.3 Å². The second kappa shape index (κ2) is 5.88. The highest BCUT2D eigenvalue weighted by Crippen LogP contribution is 2.23. The number of aliphatic hydroxyl groups excluding tert-OH is 1. The first-order valence-corrected chi connectivity index (χ1v) is 5.62. The molecule has 0 aliphatic heterocycles. The van der Waals surface area contributed by atoms with E-state index in [1.807, 2.05) is 18.2 Å². The molecule has 82 valence electrons. The number of benzene rings is 1. The van der Waals surface area contributed by atoms with E-state index in [0.717, 1.165) is 0 Å². The zero-order valence-electron chi connectivity index (χ0n) is 8.39. The van der Waals surface area contributed by atoms with Crippen LogP contribution >= 0.6 is 15.9 Å². The summed E-state index contributed by atoms with van der Waals surface area (Å²) in [5.74, 6) is -0.450. The molecule has 0 spiro atoms. The van der Waals surface area contributed by atoms with E-state index < -0.39 is 16.9 Å². The molecule has 0 amide bonds. The molecule has 0 saturated carbocycles. The molecule has 0 radical (unpaired) electrons. The van der Waals surface area contributed by atoms with Gasteiger partial charge in [-0.3, -0.25) is 4.79 Å². The number of hydrogen-bond donors (Lipinski definition) is 1. The van der Waals surface area contributed by atoms with Crippen LogP contribution in [0.3, 0.4) is 0 Å². The van der Waals surface area contributed by atoms with Gasteiger partial charge in [0.15, 0.2) is 0 Å². The van der Waals surface area contributed by atoms with Gasteiger partial charge in [0.2, 0.25) is 0 Å². The molecule has 4 heteroatoms. The molecule has 0 bridgehead atoms. The molecule has 3 nitrogen and oxygen atoms in total. The summed E-state index contributed by atoms with van der Waals surface area (Å²) in [6, 6.07) is 8.99. The molecule has 2 atom stereocenters. The summed E-state index contributed by atoms with van der Waals surface area (Å²) in [5, 5.41) is 9.84. The van der Waals surface area contributed by atoms with Crippen molar-refractivity contribution in [2.24, 2.45) is 0 Å². The van der Waals surface area contributed by atoms with Gasteiger partial charge in [-0.05, 0) is 12.5 Å². The molecule has 0 aliphatic rings. The maximum absolute atomic E-state index is 11.3. The zero-order valence-corrected chi connectivity index (χ0v) is 9.98. The van der Waals surface area contributed by atoms with Crippen molar-refractivity contribution in [1.29, 1.82) is 0 Å². The van der Waals surface area contributed by atoms with E-state index in [1.165, 1.54) is 0 Å². The Morgan fingerprint density at radius 1 is 1.47 bits per heavy atom. The van der Waals surface area contributed by atoms with Gasteiger partial charge in [0.25, 0.3) is 0 Å². The molecular weight excluding hydrogens is 260 g/mol. The minimum atomic E-state index is -0.884. The Morgan fingerprint density at radius 2 is 2.07 bits per heavy atom. The predicted molar refractivity (Wildman–Crippen MR) is 60.7 cm³/mol. The number of carbonyl (C=O) groups is 1. The van der Waals surface area contributed by atoms with Gasteiger partial charge < -0.3 is 9.84 Å². The molecule has 1 N–H and O–H groups in total. The second-order valence-electron chi connectivity index (χ2n) is 3.01. The van der Waals surface area contributed by atoms with Crippen LogP contribution in [0.2, 0.25) is 0 Å². The summed E-state index contributed by atoms with van der Waals surface area (Å²) in [4.78, 5) is 10.6. The average Bonchev–Trinajstić information content (AvgIpc) is 2.28. The Labute approximate surface area is 97.2 Å². The Kier molecular flexibility index (Phi) is 4.78. The van der Waals surface area contributed by atoms with Gasteiger partial charge in [-0.15, -0.1) is 0 Å². The first-order chi connectivity index (χ1) is 7.16. The van der Waals surface area contributed by atoms with E-state index >= 15 is 0 Å². The number of halogens is 1. The summed E-state index contributed by atoms with van der Waals surface area (Å²) in [6.45, 7) is 2.04. The summed E-state index contributed by atoms with van der Waals surface area (Å²) in [6.07, 6.45) is -0.884. The van der Waals surface area contributed by atoms with Crippen LogP contribution in [-0.2, 0) is 9.53 Å². The molecule has 15 heavy (non-hydrogen) atoms. The van der Waals surface area contributed by atoms with Crippen molar-refractivity contribution in [3.05, 3.63) is 35.9 Å². The smallest absolute Gasteiger partial charge is 0.322 e. The van der Waals surface area contributed by atoms with Crippen molar-refractivity contribution >= 4 is 21.9 Å². The molecule has 0 saturated heterocycles. The highest BCUT2D eigenvalue weighted by Gasteiger charge is 2.26. The lowest BCUT2D eigenvalue weighted by molar-refractivity contribution is -0.144. The molecule has 1 aromatic rings. The number of aliphatic hydroxyl groups is 1. The van der Waals surface area contributed by atoms with Crippen LogP contribution in [0.25, 0.3) is 0 Å². The first-order valence-electron chi connectivity index (χ1n) is 4.70. The molecule has 0 heterocycles. The highest BCUT2D eigenvalue weighted by molar-refractivity contribution is 9.10. The van der Waals surface area contributed by atoms with Crippen molar-refractivity contribution in [2.75, 3.05) is 6.61 Å². The van der Waals surface area contributed by atoms with Gasteiger partial charge in [0, 0.05) is 0 Å². The fourth-order valence-electron chi connectivity index (χ4n) is 1.17. The van der Waals surface area contributed by atoms with Gasteiger partial charge >= 0.3 is 5.97 Å². The van der Waals surface area contributed by atoms with Crippen LogP contribution in [0.5, 0.6) is 0 Å². The minimum Gasteiger partial charge on any atom is -0.465 e. The van der Waals surface area contributed by atoms with Gasteiger partial charge in [0.05, 0.1) is 6.61 Å². The van der Waals surface area contributed by atoms with E-state index in [-0.39, 0.29) is 0 Å². The number of alkyl halides is 1. The lowest BCUT2D eigenvalue weighted by Crippen LogP contribution is -2.24. The quantitative estimate of drug-likeness (QED) is 0.674. The monoisotopic (exact) mass is 272 g/mol. The molecular formula is C11H13BrO3. The molecule has 0 aliphatic carbocycles. The number of carbonyl (C=O) groups excluding carboxylic acids is 1. The fraction of sp³-hybridized carbons (Fsp3) is 0.364. The van der Waals surface area contributed by atoms with Crippen molar-refractivity contribution < 1.29 is 14.6 Å². The summed E-state index contributed by atoms with van der Waals surface area (Å²) < 4.78 is 4.80. The lowest BCUT2D eigenvalue weighted by Gasteiger charge is -2.15. The van der Waals surface area contributed by atoms with E-state index in [4.69, 9.17) is 4.74 Å². The average molecular weight is 273 g/mol. The first kappa shape index (κ1) is 12.2. The summed E-state index contributed by atoms with van der Waals surface area (Å²) >= 11 is 3.12. The van der Waals surface area contributed by atoms with Gasteiger partial charge in [-0.25, -0.2) is 0 Å². The Morgan fingerprint density at radius 3 is 2.60 bits per heavy atom. The number of rotatable bonds is 4. The van der Waals surface area contributed by atoms with Crippen LogP contribution in [0.1, 0.15) is 18.6 Å². The zero-order chi connectivity index (χ0) is 11.3. The topological polar surface area (TPSA) is 46.5 Å². The minimum absolute atomic E-state index is 0.308. The van der Waals surface area contributed by atoms with E-state index in [9.17, 15) is 9.90 Å². The van der Waals surface area contributed by atoms with E-state index in [2.05, 4.69) is 15.9 Å². The van der Waals surface area contributed by atoms with Gasteiger partial charge in [-0.2, -0.15) is 0 Å². The molecule has 1 rings (SSSR count). The van der Waals surface area contributed by atoms with Crippen molar-refractivity contribution in [3.8, 4) is 0 Å². The molecule has 0 fully saturated rings. The van der Waals surface area contributed by atoms with Crippen LogP contribution in [-0.4, -0.2) is 22.5 Å². The van der Waals surface area contributed by atoms with Gasteiger partial charge in [-0.1, -0.05) is 46.3 Å². The van der Waals surface area contributed by atoms with Crippen LogP contribution < -0.4 is 0 Å². The number of esters is 1. The second-order valence-corrected chi connectivity index (χ2v) is 4.00. The molecule has 0 unspecified atom stereocenters. The van der Waals surface area contributed by atoms with E-state index in [1.54, 1.807) is 19.1 Å². The summed E-state index contributed by atoms with van der Waals surface area (Å²) in [5.41, 5.74) is 0.687. The lowest BCUT2D eigenvalue weighted by atomic mass is 10.1. The van der Waals surface area contributed by atoms with Crippen LogP contribution in [0, 0.1) is 0 Å². The van der Waals surface area contributed by atoms with Crippen molar-refractivity contribution in [1.82, 2.24) is 0 Å². The predicted octanol–water partition coefficient (Wildman–Crippen LogP) is 2.05. The Balaban J connectivity index is 2.68. The number of hydrogen-bond acceptors (Lipinski definition) is 3. The third-order valence-corrected chi connectivity index (χ3v) is 2.80. The SMILES string of the molecule is CCOC(=O)[C@H](Br)[C@H](O)c1ccccc1. The third-order valence-electron chi connectivity index (χ3n) is 1.93. The van der Waals surface area contributed by atoms with E-state index in [0.29, 0.717) is 12.2 Å². The fourth-order valence-corrected chi connectivity index (χ4v) is 1.61. The largest absolute Gasteiger partial charge is 0.465 e. The van der Waals surface area contributed by atoms with Crippen molar-refractivity contribution in [2.45, 2.75) is 17.9 Å². The Hall–Kier alpha value is -0.870. The van der Waals surface area contributed by atoms with Gasteiger partial charge in [0.1, 0.15) is 10.9 Å². The maximum atomic E-state index is 11.3. The normalized spacial score (nSPS) is 14.3. The molecule has 0 aromatic heterocycles. The van der Waals surface area contributed by atoms with Crippen LogP contribution in [0.4, 0.5) is 0 Å². The third kappa shape index (κ3) is 3.32. The standard InChI is InChI=1S/C11H13BrO3/c1-2-15-11(14)9(12)10(13)8-6-4-3-5-7-8/h3-7,9-10,13H,2H2,1H3/t9-,10-/m1/s1. The summed E-state index contributed by atoms with van der Waals surface area (Å²) in [7, 11) is 0. The molecule has 1 aromatic carbocycles. The number of ether oxygens (including phenoxy) is 1. The Bertz CT molecular complexity index is 313. The maximum Gasteiger partial charge on any atom is 0.322 e. The van der Waals surface area contributed by atoms with Crippen molar-refractivity contribution in [3.63, 3.8) is 0 Å².